The lowest BCUT2D eigenvalue weighted by atomic mass is 10.1. The molecule has 0 bridgehead atoms. The van der Waals surface area contributed by atoms with Gasteiger partial charge in [0.15, 0.2) is 0 Å². The van der Waals surface area contributed by atoms with Crippen LogP contribution < -0.4 is 4.90 Å². The molecule has 0 radical (unpaired) electrons. The summed E-state index contributed by atoms with van der Waals surface area (Å²) in [7, 11) is 0. The van der Waals surface area contributed by atoms with Crippen molar-refractivity contribution in [1.29, 1.82) is 0 Å². The largest absolute Gasteiger partial charge is 0.416 e. The fourth-order valence-electron chi connectivity index (χ4n) is 2.40. The number of hydrogen-bond donors (Lipinski definition) is 0. The average Bonchev–Trinajstić information content (AvgIpc) is 2.83. The zero-order valence-corrected chi connectivity index (χ0v) is 11.1. The van der Waals surface area contributed by atoms with E-state index in [1.165, 1.54) is 29.2 Å². The smallest absolute Gasteiger partial charge is 0.304 e. The number of carbonyl (C=O) groups excluding carboxylic acids is 1. The molecule has 3 rings (SSSR count). The van der Waals surface area contributed by atoms with Crippen molar-refractivity contribution in [2.45, 2.75) is 12.7 Å². The molecule has 0 unspecified atom stereocenters. The van der Waals surface area contributed by atoms with E-state index in [1.54, 1.807) is 6.07 Å². The Morgan fingerprint density at radius 1 is 1.09 bits per heavy atom. The van der Waals surface area contributed by atoms with Gasteiger partial charge in [-0.15, -0.1) is 4.91 Å². The lowest BCUT2D eigenvalue weighted by molar-refractivity contribution is -0.137. The third-order valence-electron chi connectivity index (χ3n) is 3.49. The van der Waals surface area contributed by atoms with Crippen LogP contribution in [0.1, 0.15) is 21.5 Å². The molecule has 0 saturated heterocycles. The Morgan fingerprint density at radius 2 is 1.86 bits per heavy atom. The van der Waals surface area contributed by atoms with Gasteiger partial charge in [-0.3, -0.25) is 4.79 Å². The molecule has 1 amide bonds. The summed E-state index contributed by atoms with van der Waals surface area (Å²) < 4.78 is 38.3. The van der Waals surface area contributed by atoms with Gasteiger partial charge in [0.2, 0.25) is 0 Å². The Labute approximate surface area is 123 Å². The van der Waals surface area contributed by atoms with Gasteiger partial charge < -0.3 is 4.90 Å². The molecule has 2 aromatic carbocycles. The number of nitrogens with zero attached hydrogens (tertiary/aromatic N) is 2. The summed E-state index contributed by atoms with van der Waals surface area (Å²) >= 11 is 0. The van der Waals surface area contributed by atoms with E-state index < -0.39 is 17.6 Å². The molecule has 0 aliphatic carbocycles. The van der Waals surface area contributed by atoms with Crippen LogP contribution in [0.4, 0.5) is 24.5 Å². The lowest BCUT2D eigenvalue weighted by Gasteiger charge is -2.17. The molecule has 0 atom stereocenters. The van der Waals surface area contributed by atoms with Gasteiger partial charge in [-0.05, 0) is 41.1 Å². The van der Waals surface area contributed by atoms with Gasteiger partial charge in [-0.1, -0.05) is 12.1 Å². The molecule has 1 aliphatic rings. The number of benzene rings is 2. The number of halogens is 3. The number of carbonyl (C=O) groups is 1. The van der Waals surface area contributed by atoms with E-state index in [0.29, 0.717) is 5.56 Å². The molecule has 0 fully saturated rings. The van der Waals surface area contributed by atoms with E-state index in [1.807, 2.05) is 0 Å². The monoisotopic (exact) mass is 306 g/mol. The van der Waals surface area contributed by atoms with Gasteiger partial charge >= 0.3 is 6.18 Å². The van der Waals surface area contributed by atoms with Crippen LogP contribution in [0.3, 0.4) is 0 Å². The van der Waals surface area contributed by atoms with Crippen LogP contribution >= 0.6 is 0 Å². The molecule has 0 aromatic heterocycles. The highest BCUT2D eigenvalue weighted by atomic mass is 19.4. The maximum Gasteiger partial charge on any atom is 0.416 e. The minimum absolute atomic E-state index is 0.109. The standard InChI is InChI=1S/C15H9F3N2O2/c16-15(17,18)10-2-1-3-12(6-10)20-8-9-4-5-11(19-22)7-13(9)14(20)21/h1-7H,8H2. The van der Waals surface area contributed by atoms with E-state index >= 15 is 0 Å². The van der Waals surface area contributed by atoms with E-state index in [-0.39, 0.29) is 23.5 Å². The van der Waals surface area contributed by atoms with Crippen LogP contribution in [-0.2, 0) is 12.7 Å². The summed E-state index contributed by atoms with van der Waals surface area (Å²) in [5.41, 5.74) is 0.392. The molecule has 112 valence electrons. The Morgan fingerprint density at radius 3 is 2.55 bits per heavy atom. The average molecular weight is 306 g/mol. The summed E-state index contributed by atoms with van der Waals surface area (Å²) in [6.07, 6.45) is -4.47. The minimum atomic E-state index is -4.47. The zero-order chi connectivity index (χ0) is 15.9. The highest BCUT2D eigenvalue weighted by molar-refractivity contribution is 6.10. The summed E-state index contributed by atoms with van der Waals surface area (Å²) in [6, 6.07) is 8.98. The van der Waals surface area contributed by atoms with Crippen molar-refractivity contribution in [3.05, 3.63) is 64.1 Å². The van der Waals surface area contributed by atoms with Crippen LogP contribution in [0.15, 0.2) is 47.6 Å². The van der Waals surface area contributed by atoms with Crippen LogP contribution in [0.5, 0.6) is 0 Å². The first-order valence-electron chi connectivity index (χ1n) is 6.35. The number of anilines is 1. The molecule has 22 heavy (non-hydrogen) atoms. The van der Waals surface area contributed by atoms with Crippen molar-refractivity contribution in [3.8, 4) is 0 Å². The normalized spacial score (nSPS) is 14.1. The van der Waals surface area contributed by atoms with E-state index in [9.17, 15) is 22.9 Å². The van der Waals surface area contributed by atoms with Crippen LogP contribution in [-0.4, -0.2) is 5.91 Å². The van der Waals surface area contributed by atoms with Gasteiger partial charge in [-0.2, -0.15) is 13.2 Å². The van der Waals surface area contributed by atoms with Crippen molar-refractivity contribution < 1.29 is 18.0 Å². The molecule has 4 nitrogen and oxygen atoms in total. The van der Waals surface area contributed by atoms with Crippen molar-refractivity contribution >= 4 is 17.3 Å². The fourth-order valence-corrected chi connectivity index (χ4v) is 2.40. The molecular weight excluding hydrogens is 297 g/mol. The maximum atomic E-state index is 12.8. The number of nitroso groups, excluding NO2 is 1. The molecule has 7 heteroatoms. The molecule has 0 spiro atoms. The SMILES string of the molecule is O=Nc1ccc2c(c1)C(=O)N(c1cccc(C(F)(F)F)c1)C2. The predicted octanol–water partition coefficient (Wildman–Crippen LogP) is 4.26. The number of hydrogen-bond acceptors (Lipinski definition) is 3. The van der Waals surface area contributed by atoms with Crippen molar-refractivity contribution in [1.82, 2.24) is 0 Å². The Bertz CT molecular complexity index is 772. The van der Waals surface area contributed by atoms with Gasteiger partial charge in [0.05, 0.1) is 12.1 Å². The van der Waals surface area contributed by atoms with Crippen molar-refractivity contribution in [2.24, 2.45) is 5.18 Å². The first-order chi connectivity index (χ1) is 10.4. The quantitative estimate of drug-likeness (QED) is 0.778. The van der Waals surface area contributed by atoms with Crippen molar-refractivity contribution in [3.63, 3.8) is 0 Å². The first-order valence-corrected chi connectivity index (χ1v) is 6.35. The van der Waals surface area contributed by atoms with E-state index in [4.69, 9.17) is 0 Å². The molecular formula is C15H9F3N2O2. The Balaban J connectivity index is 1.98. The highest BCUT2D eigenvalue weighted by Gasteiger charge is 2.33. The predicted molar refractivity (Wildman–Crippen MR) is 73.9 cm³/mol. The number of amides is 1. The Kier molecular flexibility index (Phi) is 3.20. The van der Waals surface area contributed by atoms with Crippen LogP contribution in [0.25, 0.3) is 0 Å². The molecule has 0 saturated carbocycles. The van der Waals surface area contributed by atoms with Gasteiger partial charge in [0, 0.05) is 11.3 Å². The topological polar surface area (TPSA) is 49.7 Å². The second-order valence-corrected chi connectivity index (χ2v) is 4.87. The second-order valence-electron chi connectivity index (χ2n) is 4.87. The third kappa shape index (κ3) is 2.34. The summed E-state index contributed by atoms with van der Waals surface area (Å²) in [4.78, 5) is 24.1. The lowest BCUT2D eigenvalue weighted by Crippen LogP contribution is -2.23. The first kappa shape index (κ1) is 14.2. The van der Waals surface area contributed by atoms with Gasteiger partial charge in [-0.25, -0.2) is 0 Å². The van der Waals surface area contributed by atoms with Crippen LogP contribution in [0, 0.1) is 4.91 Å². The van der Waals surface area contributed by atoms with Crippen LogP contribution in [0.2, 0.25) is 0 Å². The molecule has 2 aromatic rings. The number of alkyl halides is 3. The summed E-state index contributed by atoms with van der Waals surface area (Å²) in [5, 5.41) is 2.76. The fraction of sp³-hybridized carbons (Fsp3) is 0.133. The molecule has 1 heterocycles. The minimum Gasteiger partial charge on any atom is -0.304 e. The molecule has 0 N–H and O–H groups in total. The van der Waals surface area contributed by atoms with Gasteiger partial charge in [0.1, 0.15) is 5.69 Å². The Hall–Kier alpha value is -2.70. The van der Waals surface area contributed by atoms with E-state index in [2.05, 4.69) is 5.18 Å². The van der Waals surface area contributed by atoms with Gasteiger partial charge in [0.25, 0.3) is 5.91 Å². The second kappa shape index (κ2) is 4.94. The zero-order valence-electron chi connectivity index (χ0n) is 11.1. The van der Waals surface area contributed by atoms with Crippen molar-refractivity contribution in [2.75, 3.05) is 4.90 Å². The maximum absolute atomic E-state index is 12.8. The van der Waals surface area contributed by atoms with E-state index in [0.717, 1.165) is 12.1 Å². The summed E-state index contributed by atoms with van der Waals surface area (Å²) in [6.45, 7) is 0.161. The third-order valence-corrected chi connectivity index (χ3v) is 3.49. The number of rotatable bonds is 2. The molecule has 1 aliphatic heterocycles. The number of fused-ring (bicyclic) bond motifs is 1. The highest BCUT2D eigenvalue weighted by Crippen LogP contribution is 2.35. The summed E-state index contributed by atoms with van der Waals surface area (Å²) in [5.74, 6) is -0.445.